The monoisotopic (exact) mass is 253 g/mol. The molecule has 1 aliphatic heterocycles. The minimum Gasteiger partial charge on any atom is -0.479 e. The van der Waals surface area contributed by atoms with Gasteiger partial charge in [-0.1, -0.05) is 0 Å². The lowest BCUT2D eigenvalue weighted by Crippen LogP contribution is -2.35. The van der Waals surface area contributed by atoms with E-state index in [9.17, 15) is 9.59 Å². The van der Waals surface area contributed by atoms with E-state index in [-0.39, 0.29) is 5.91 Å². The highest BCUT2D eigenvalue weighted by molar-refractivity contribution is 5.82. The van der Waals surface area contributed by atoms with Crippen molar-refractivity contribution in [2.45, 2.75) is 31.6 Å². The first-order chi connectivity index (χ1) is 8.58. The maximum absolute atomic E-state index is 11.8. The molecule has 0 spiro atoms. The van der Waals surface area contributed by atoms with Crippen LogP contribution >= 0.6 is 0 Å². The third kappa shape index (κ3) is 2.67. The average molecular weight is 253 g/mol. The van der Waals surface area contributed by atoms with Gasteiger partial charge in [-0.15, -0.1) is 0 Å². The number of aryl methyl sites for hydroxylation is 1. The maximum atomic E-state index is 11.8. The van der Waals surface area contributed by atoms with Gasteiger partial charge in [0, 0.05) is 19.4 Å². The van der Waals surface area contributed by atoms with E-state index in [1.807, 2.05) is 7.05 Å². The van der Waals surface area contributed by atoms with Crippen LogP contribution < -0.4 is 5.32 Å². The number of carboxylic acids is 1. The van der Waals surface area contributed by atoms with Crippen molar-refractivity contribution in [1.29, 1.82) is 0 Å². The van der Waals surface area contributed by atoms with Crippen LogP contribution in [0.15, 0.2) is 12.4 Å². The Morgan fingerprint density at radius 2 is 2.28 bits per heavy atom. The summed E-state index contributed by atoms with van der Waals surface area (Å²) < 4.78 is 6.95. The smallest absolute Gasteiger partial charge is 0.332 e. The normalized spacial score (nSPS) is 22.9. The summed E-state index contributed by atoms with van der Waals surface area (Å²) in [6.45, 7) is 0.305. The summed E-state index contributed by atoms with van der Waals surface area (Å²) in [5, 5.41) is 11.4. The number of amides is 1. The van der Waals surface area contributed by atoms with Crippen LogP contribution in [0.4, 0.5) is 0 Å². The lowest BCUT2D eigenvalue weighted by atomic mass is 10.2. The van der Waals surface area contributed by atoms with Crippen LogP contribution in [0, 0.1) is 0 Å². The zero-order chi connectivity index (χ0) is 13.1. The molecule has 1 aromatic rings. The molecule has 1 aliphatic rings. The molecule has 0 radical (unpaired) electrons. The van der Waals surface area contributed by atoms with Crippen LogP contribution in [0.5, 0.6) is 0 Å². The van der Waals surface area contributed by atoms with Gasteiger partial charge < -0.3 is 19.7 Å². The van der Waals surface area contributed by atoms with Crippen molar-refractivity contribution >= 4 is 11.9 Å². The molecule has 18 heavy (non-hydrogen) atoms. The fourth-order valence-corrected chi connectivity index (χ4v) is 1.86. The van der Waals surface area contributed by atoms with Crippen molar-refractivity contribution in [1.82, 2.24) is 14.9 Å². The number of carbonyl (C=O) groups excluding carboxylic acids is 1. The van der Waals surface area contributed by atoms with E-state index in [1.54, 1.807) is 17.0 Å². The summed E-state index contributed by atoms with van der Waals surface area (Å²) in [4.78, 5) is 26.5. The SMILES string of the molecule is Cn1ccnc1CNC(=O)C1CCC(C(=O)O)O1. The van der Waals surface area contributed by atoms with E-state index >= 15 is 0 Å². The van der Waals surface area contributed by atoms with E-state index in [0.717, 1.165) is 5.82 Å². The first kappa shape index (κ1) is 12.6. The molecule has 2 unspecified atom stereocenters. The molecule has 0 aromatic carbocycles. The molecule has 1 amide bonds. The van der Waals surface area contributed by atoms with Gasteiger partial charge in [0.1, 0.15) is 11.9 Å². The van der Waals surface area contributed by atoms with Crippen molar-refractivity contribution in [2.75, 3.05) is 0 Å². The van der Waals surface area contributed by atoms with Gasteiger partial charge in [-0.3, -0.25) is 4.79 Å². The van der Waals surface area contributed by atoms with Crippen molar-refractivity contribution in [2.24, 2.45) is 7.05 Å². The molecule has 2 heterocycles. The van der Waals surface area contributed by atoms with Crippen LogP contribution in [0.2, 0.25) is 0 Å². The second kappa shape index (κ2) is 5.18. The molecule has 1 fully saturated rings. The van der Waals surface area contributed by atoms with Gasteiger partial charge in [-0.2, -0.15) is 0 Å². The number of carbonyl (C=O) groups is 2. The highest BCUT2D eigenvalue weighted by atomic mass is 16.5. The predicted octanol–water partition coefficient (Wildman–Crippen LogP) is -0.331. The molecule has 0 saturated carbocycles. The predicted molar refractivity (Wildman–Crippen MR) is 60.6 cm³/mol. The summed E-state index contributed by atoms with van der Waals surface area (Å²) >= 11 is 0. The number of aliphatic carboxylic acids is 1. The Balaban J connectivity index is 1.83. The van der Waals surface area contributed by atoms with E-state index in [4.69, 9.17) is 9.84 Å². The Kier molecular flexibility index (Phi) is 3.61. The molecular formula is C11H15N3O4. The van der Waals surface area contributed by atoms with Crippen molar-refractivity contribution < 1.29 is 19.4 Å². The van der Waals surface area contributed by atoms with E-state index in [2.05, 4.69) is 10.3 Å². The number of hydrogen-bond donors (Lipinski definition) is 2. The second-order valence-corrected chi connectivity index (χ2v) is 4.20. The van der Waals surface area contributed by atoms with Crippen LogP contribution in [-0.2, 0) is 27.9 Å². The van der Waals surface area contributed by atoms with Crippen LogP contribution in [-0.4, -0.2) is 38.7 Å². The lowest BCUT2D eigenvalue weighted by Gasteiger charge is -2.11. The number of hydrogen-bond acceptors (Lipinski definition) is 4. The fourth-order valence-electron chi connectivity index (χ4n) is 1.86. The number of ether oxygens (including phenoxy) is 1. The van der Waals surface area contributed by atoms with Crippen molar-refractivity contribution in [3.05, 3.63) is 18.2 Å². The zero-order valence-electron chi connectivity index (χ0n) is 10.00. The summed E-state index contributed by atoms with van der Waals surface area (Å²) in [7, 11) is 1.83. The summed E-state index contributed by atoms with van der Waals surface area (Å²) in [6.07, 6.45) is 2.70. The molecule has 0 bridgehead atoms. The van der Waals surface area contributed by atoms with Gasteiger partial charge in [0.25, 0.3) is 0 Å². The molecule has 98 valence electrons. The summed E-state index contributed by atoms with van der Waals surface area (Å²) in [5.41, 5.74) is 0. The van der Waals surface area contributed by atoms with E-state index in [1.165, 1.54) is 0 Å². The van der Waals surface area contributed by atoms with Crippen LogP contribution in [0.1, 0.15) is 18.7 Å². The van der Waals surface area contributed by atoms with Gasteiger partial charge in [0.05, 0.1) is 6.54 Å². The Hall–Kier alpha value is -1.89. The fraction of sp³-hybridized carbons (Fsp3) is 0.545. The first-order valence-corrected chi connectivity index (χ1v) is 5.70. The molecule has 2 atom stereocenters. The lowest BCUT2D eigenvalue weighted by molar-refractivity contribution is -0.151. The third-order valence-corrected chi connectivity index (χ3v) is 2.93. The maximum Gasteiger partial charge on any atom is 0.332 e. The highest BCUT2D eigenvalue weighted by Gasteiger charge is 2.34. The van der Waals surface area contributed by atoms with E-state index < -0.39 is 18.2 Å². The minimum absolute atomic E-state index is 0.290. The van der Waals surface area contributed by atoms with Crippen molar-refractivity contribution in [3.8, 4) is 0 Å². The van der Waals surface area contributed by atoms with Gasteiger partial charge in [-0.25, -0.2) is 9.78 Å². The molecule has 1 saturated heterocycles. The largest absolute Gasteiger partial charge is 0.479 e. The Morgan fingerprint density at radius 1 is 1.56 bits per heavy atom. The highest BCUT2D eigenvalue weighted by Crippen LogP contribution is 2.19. The Morgan fingerprint density at radius 3 is 2.83 bits per heavy atom. The molecule has 1 aromatic heterocycles. The number of nitrogens with zero attached hydrogens (tertiary/aromatic N) is 2. The molecular weight excluding hydrogens is 238 g/mol. The summed E-state index contributed by atoms with van der Waals surface area (Å²) in [5.74, 6) is -0.577. The standard InChI is InChI=1S/C11H15N3O4/c1-14-5-4-12-9(14)6-13-10(15)7-2-3-8(18-7)11(16)17/h4-5,7-8H,2-3,6H2,1H3,(H,13,15)(H,16,17). The van der Waals surface area contributed by atoms with Gasteiger partial charge in [0.2, 0.25) is 5.91 Å². The molecule has 2 N–H and O–H groups in total. The van der Waals surface area contributed by atoms with Gasteiger partial charge in [0.15, 0.2) is 6.10 Å². The van der Waals surface area contributed by atoms with Gasteiger partial charge >= 0.3 is 5.97 Å². The number of rotatable bonds is 4. The zero-order valence-corrected chi connectivity index (χ0v) is 10.00. The van der Waals surface area contributed by atoms with Gasteiger partial charge in [-0.05, 0) is 12.8 Å². The Bertz CT molecular complexity index is 457. The third-order valence-electron chi connectivity index (χ3n) is 2.93. The van der Waals surface area contributed by atoms with Crippen molar-refractivity contribution in [3.63, 3.8) is 0 Å². The molecule has 0 aliphatic carbocycles. The summed E-state index contributed by atoms with van der Waals surface area (Å²) in [6, 6.07) is 0. The quantitative estimate of drug-likeness (QED) is 0.766. The number of aromatic nitrogens is 2. The van der Waals surface area contributed by atoms with E-state index in [0.29, 0.717) is 19.4 Å². The minimum atomic E-state index is -1.02. The number of nitrogens with one attached hydrogen (secondary N) is 1. The molecule has 7 nitrogen and oxygen atoms in total. The first-order valence-electron chi connectivity index (χ1n) is 5.70. The van der Waals surface area contributed by atoms with Crippen LogP contribution in [0.25, 0.3) is 0 Å². The number of imidazole rings is 1. The molecule has 2 rings (SSSR count). The van der Waals surface area contributed by atoms with Crippen LogP contribution in [0.3, 0.4) is 0 Å². The Labute approximate surface area is 104 Å². The number of carboxylic acid groups (broad SMARTS) is 1. The molecule has 7 heteroatoms. The second-order valence-electron chi connectivity index (χ2n) is 4.20. The topological polar surface area (TPSA) is 93.5 Å². The average Bonchev–Trinajstić information content (AvgIpc) is 2.94.